The number of ether oxygens (including phenoxy) is 1. The van der Waals surface area contributed by atoms with E-state index in [9.17, 15) is 9.59 Å². The normalized spacial score (nSPS) is 11.1. The molecule has 1 amide bonds. The first kappa shape index (κ1) is 33.7. The van der Waals surface area contributed by atoms with Crippen LogP contribution in [0.15, 0.2) is 65.8 Å². The van der Waals surface area contributed by atoms with Crippen LogP contribution in [0.5, 0.6) is 0 Å². The van der Waals surface area contributed by atoms with E-state index in [0.29, 0.717) is 37.2 Å². The average Bonchev–Trinajstić information content (AvgIpc) is 3.60. The largest absolute Gasteiger partial charge is 0.462 e. The van der Waals surface area contributed by atoms with Gasteiger partial charge >= 0.3 is 5.97 Å². The number of amides is 1. The van der Waals surface area contributed by atoms with Crippen molar-refractivity contribution in [2.75, 3.05) is 17.7 Å². The first-order valence-corrected chi connectivity index (χ1v) is 17.5. The Morgan fingerprint density at radius 2 is 1.65 bits per heavy atom. The highest BCUT2D eigenvalue weighted by atomic mass is 35.5. The Balaban J connectivity index is 1.50. The highest BCUT2D eigenvalue weighted by molar-refractivity contribution is 7.99. The van der Waals surface area contributed by atoms with Crippen molar-refractivity contribution in [2.24, 2.45) is 0 Å². The lowest BCUT2D eigenvalue weighted by Crippen LogP contribution is -2.17. The highest BCUT2D eigenvalue weighted by Crippen LogP contribution is 2.41. The summed E-state index contributed by atoms with van der Waals surface area (Å²) in [4.78, 5) is 27.6. The Morgan fingerprint density at radius 3 is 2.28 bits per heavy atom. The van der Waals surface area contributed by atoms with E-state index < -0.39 is 5.97 Å². The molecule has 7 nitrogen and oxygen atoms in total. The number of carbonyl (C=O) groups is 2. The number of rotatable bonds is 11. The molecule has 3 aromatic carbocycles. The van der Waals surface area contributed by atoms with Gasteiger partial charge in [0.05, 0.1) is 23.1 Å². The Morgan fingerprint density at radius 1 is 0.957 bits per heavy atom. The predicted molar refractivity (Wildman–Crippen MR) is 190 cm³/mol. The van der Waals surface area contributed by atoms with Gasteiger partial charge in [0.2, 0.25) is 5.91 Å². The first-order valence-electron chi connectivity index (χ1n) is 15.0. The van der Waals surface area contributed by atoms with E-state index in [2.05, 4.69) is 47.6 Å². The quantitative estimate of drug-likeness (QED) is 0.110. The van der Waals surface area contributed by atoms with Crippen LogP contribution in [0, 0.1) is 13.8 Å². The van der Waals surface area contributed by atoms with Crippen molar-refractivity contribution in [3.8, 4) is 28.2 Å². The number of nitrogens with zero attached hydrogens (tertiary/aromatic N) is 3. The van der Waals surface area contributed by atoms with E-state index >= 15 is 0 Å². The zero-order chi connectivity index (χ0) is 33.0. The molecule has 46 heavy (non-hydrogen) atoms. The maximum absolute atomic E-state index is 13.5. The van der Waals surface area contributed by atoms with Crippen LogP contribution >= 0.6 is 46.3 Å². The zero-order valence-corrected chi connectivity index (χ0v) is 29.4. The van der Waals surface area contributed by atoms with Gasteiger partial charge in [0.1, 0.15) is 10.6 Å². The molecule has 11 heteroatoms. The molecular weight excluding hydrogens is 659 g/mol. The van der Waals surface area contributed by atoms with E-state index in [0.717, 1.165) is 51.2 Å². The fourth-order valence-corrected chi connectivity index (χ4v) is 7.62. The number of aryl methyl sites for hydroxylation is 4. The molecule has 0 unspecified atom stereocenters. The van der Waals surface area contributed by atoms with Crippen LogP contribution < -0.4 is 5.32 Å². The maximum atomic E-state index is 13.5. The van der Waals surface area contributed by atoms with E-state index in [1.165, 1.54) is 23.1 Å². The number of hydrogen-bond acceptors (Lipinski definition) is 7. The van der Waals surface area contributed by atoms with E-state index in [-0.39, 0.29) is 18.3 Å². The third-order valence-electron chi connectivity index (χ3n) is 7.48. The van der Waals surface area contributed by atoms with Gasteiger partial charge in [-0.15, -0.1) is 21.5 Å². The van der Waals surface area contributed by atoms with Crippen LogP contribution in [0.1, 0.15) is 52.7 Å². The minimum absolute atomic E-state index is 0.0291. The Kier molecular flexibility index (Phi) is 10.9. The zero-order valence-electron chi connectivity index (χ0n) is 26.2. The number of nitrogens with one attached hydrogen (secondary N) is 1. The number of halogens is 2. The van der Waals surface area contributed by atoms with Crippen LogP contribution in [0.25, 0.3) is 28.2 Å². The Labute approximate surface area is 287 Å². The minimum atomic E-state index is -0.474. The van der Waals surface area contributed by atoms with E-state index in [1.54, 1.807) is 19.1 Å². The molecule has 0 saturated heterocycles. The molecule has 238 valence electrons. The number of carbonyl (C=O) groups excluding carboxylic acids is 2. The predicted octanol–water partition coefficient (Wildman–Crippen LogP) is 9.62. The second-order valence-corrected chi connectivity index (χ2v) is 13.6. The lowest BCUT2D eigenvalue weighted by Gasteiger charge is -2.18. The highest BCUT2D eigenvalue weighted by Gasteiger charge is 2.27. The van der Waals surface area contributed by atoms with Gasteiger partial charge < -0.3 is 10.1 Å². The second-order valence-electron chi connectivity index (χ2n) is 10.6. The average molecular weight is 694 g/mol. The molecule has 0 spiro atoms. The van der Waals surface area contributed by atoms with Crippen LogP contribution in [0.2, 0.25) is 10.0 Å². The van der Waals surface area contributed by atoms with Crippen molar-refractivity contribution in [3.05, 3.63) is 97.8 Å². The SMILES string of the molecule is CCOC(=O)c1c(NC(=O)CSc2nnc(-c3ccc(Cl)cc3Cl)n2-c2c(CC)cccc2CC)sc(C)c1-c1ccc(C)cc1. The summed E-state index contributed by atoms with van der Waals surface area (Å²) in [6, 6.07) is 19.5. The number of benzene rings is 3. The van der Waals surface area contributed by atoms with Crippen LogP contribution in [0.3, 0.4) is 0 Å². The summed E-state index contributed by atoms with van der Waals surface area (Å²) < 4.78 is 7.41. The standard InChI is InChI=1S/C35H34Cl2N4O3S2/c1-6-22-10-9-11-23(7-2)31(22)41-32(26-17-16-25(36)18-27(26)37)39-40-35(41)45-19-28(42)38-33-30(34(43)44-8-3)29(21(5)46-33)24-14-12-20(4)13-15-24/h9-18H,6-8,19H2,1-5H3,(H,38,42). The topological polar surface area (TPSA) is 86.1 Å². The smallest absolute Gasteiger partial charge is 0.341 e. The van der Waals surface area contributed by atoms with Gasteiger partial charge in [0.25, 0.3) is 0 Å². The lowest BCUT2D eigenvalue weighted by atomic mass is 10.0. The number of anilines is 1. The molecule has 5 rings (SSSR count). The molecule has 2 heterocycles. The third-order valence-corrected chi connectivity index (χ3v) is 9.98. The van der Waals surface area contributed by atoms with Gasteiger partial charge in [-0.25, -0.2) is 4.79 Å². The molecule has 0 atom stereocenters. The summed E-state index contributed by atoms with van der Waals surface area (Å²) in [7, 11) is 0. The van der Waals surface area contributed by atoms with Crippen molar-refractivity contribution in [1.82, 2.24) is 14.8 Å². The van der Waals surface area contributed by atoms with Gasteiger partial charge in [-0.3, -0.25) is 9.36 Å². The molecule has 5 aromatic rings. The number of thioether (sulfide) groups is 1. The molecule has 0 aliphatic carbocycles. The molecule has 0 aliphatic heterocycles. The van der Waals surface area contributed by atoms with Gasteiger partial charge in [-0.1, -0.05) is 96.8 Å². The Bertz CT molecular complexity index is 1880. The molecule has 0 radical (unpaired) electrons. The number of thiophene rings is 1. The molecule has 0 bridgehead atoms. The van der Waals surface area contributed by atoms with Crippen LogP contribution in [0.4, 0.5) is 5.00 Å². The fourth-order valence-electron chi connectivity index (χ4n) is 5.30. The van der Waals surface area contributed by atoms with Crippen molar-refractivity contribution >= 4 is 63.2 Å². The van der Waals surface area contributed by atoms with Gasteiger partial charge in [-0.2, -0.15) is 0 Å². The molecule has 0 aliphatic rings. The molecule has 0 fully saturated rings. The first-order chi connectivity index (χ1) is 22.2. The third kappa shape index (κ3) is 7.03. The van der Waals surface area contributed by atoms with Gasteiger partial charge in [0.15, 0.2) is 11.0 Å². The second kappa shape index (κ2) is 14.9. The minimum Gasteiger partial charge on any atom is -0.462 e. The number of esters is 1. The van der Waals surface area contributed by atoms with Crippen molar-refractivity contribution < 1.29 is 14.3 Å². The molecule has 2 aromatic heterocycles. The molecular formula is C35H34Cl2N4O3S2. The summed E-state index contributed by atoms with van der Waals surface area (Å²) in [5.41, 5.74) is 7.02. The van der Waals surface area contributed by atoms with E-state index in [1.807, 2.05) is 48.7 Å². The summed E-state index contributed by atoms with van der Waals surface area (Å²) in [6.07, 6.45) is 1.58. The number of hydrogen-bond donors (Lipinski definition) is 1. The summed E-state index contributed by atoms with van der Waals surface area (Å²) in [5, 5.41) is 14.0. The Hall–Kier alpha value is -3.63. The number of aromatic nitrogens is 3. The van der Waals surface area contributed by atoms with E-state index in [4.69, 9.17) is 27.9 Å². The summed E-state index contributed by atoms with van der Waals surface area (Å²) in [5.74, 6) is -0.173. The summed E-state index contributed by atoms with van der Waals surface area (Å²) in [6.45, 7) is 10.1. The van der Waals surface area contributed by atoms with Gasteiger partial charge in [0, 0.05) is 21.0 Å². The van der Waals surface area contributed by atoms with Gasteiger partial charge in [-0.05, 0) is 68.5 Å². The number of para-hydroxylation sites is 1. The monoisotopic (exact) mass is 692 g/mol. The fraction of sp³-hybridized carbons (Fsp3) is 0.257. The maximum Gasteiger partial charge on any atom is 0.341 e. The van der Waals surface area contributed by atoms with Crippen molar-refractivity contribution in [3.63, 3.8) is 0 Å². The lowest BCUT2D eigenvalue weighted by molar-refractivity contribution is -0.113. The van der Waals surface area contributed by atoms with Crippen molar-refractivity contribution in [1.29, 1.82) is 0 Å². The van der Waals surface area contributed by atoms with Crippen LogP contribution in [-0.4, -0.2) is 39.0 Å². The van der Waals surface area contributed by atoms with Crippen LogP contribution in [-0.2, 0) is 22.4 Å². The molecule has 0 saturated carbocycles. The molecule has 1 N–H and O–H groups in total. The van der Waals surface area contributed by atoms with Crippen molar-refractivity contribution in [2.45, 2.75) is 52.6 Å². The summed E-state index contributed by atoms with van der Waals surface area (Å²) >= 11 is 15.5.